The molecule has 1 fully saturated rings. The smallest absolute Gasteiger partial charge is 0.0291 e. The van der Waals surface area contributed by atoms with Crippen molar-refractivity contribution in [2.75, 3.05) is 6.54 Å². The molecule has 19 heavy (non-hydrogen) atoms. The van der Waals surface area contributed by atoms with E-state index in [0.717, 1.165) is 5.92 Å². The summed E-state index contributed by atoms with van der Waals surface area (Å²) in [6.45, 7) is 3.42. The van der Waals surface area contributed by atoms with Crippen molar-refractivity contribution in [3.05, 3.63) is 60.2 Å². The molecule has 0 spiro atoms. The van der Waals surface area contributed by atoms with E-state index >= 15 is 0 Å². The zero-order chi connectivity index (χ0) is 13.1. The molecule has 2 aromatic rings. The Morgan fingerprint density at radius 1 is 0.947 bits per heavy atom. The second kappa shape index (κ2) is 5.58. The van der Waals surface area contributed by atoms with Crippen molar-refractivity contribution in [3.63, 3.8) is 0 Å². The van der Waals surface area contributed by atoms with Gasteiger partial charge in [-0.2, -0.15) is 0 Å². The van der Waals surface area contributed by atoms with E-state index in [-0.39, 0.29) is 0 Å². The molecule has 1 aliphatic carbocycles. The van der Waals surface area contributed by atoms with E-state index in [4.69, 9.17) is 0 Å². The van der Waals surface area contributed by atoms with Crippen LogP contribution in [0.15, 0.2) is 54.6 Å². The maximum absolute atomic E-state index is 3.62. The van der Waals surface area contributed by atoms with E-state index < -0.39 is 0 Å². The lowest BCUT2D eigenvalue weighted by molar-refractivity contribution is 0.549. The third kappa shape index (κ3) is 3.24. The van der Waals surface area contributed by atoms with Crippen LogP contribution >= 0.6 is 0 Å². The molecule has 0 aliphatic heterocycles. The van der Waals surface area contributed by atoms with Gasteiger partial charge in [0.1, 0.15) is 0 Å². The fourth-order valence-electron chi connectivity index (χ4n) is 2.38. The Morgan fingerprint density at radius 3 is 2.21 bits per heavy atom. The monoisotopic (exact) mass is 251 g/mol. The van der Waals surface area contributed by atoms with Gasteiger partial charge in [-0.25, -0.2) is 0 Å². The molecular weight excluding hydrogens is 230 g/mol. The first kappa shape index (κ1) is 12.4. The summed E-state index contributed by atoms with van der Waals surface area (Å²) >= 11 is 0. The summed E-state index contributed by atoms with van der Waals surface area (Å²) in [4.78, 5) is 0. The molecule has 0 heterocycles. The predicted octanol–water partition coefficient (Wildman–Crippen LogP) is 4.41. The summed E-state index contributed by atoms with van der Waals surface area (Å²) < 4.78 is 0. The topological polar surface area (TPSA) is 12.0 Å². The van der Waals surface area contributed by atoms with Crippen LogP contribution in [0, 0.1) is 5.92 Å². The van der Waals surface area contributed by atoms with Crippen LogP contribution in [-0.2, 0) is 0 Å². The van der Waals surface area contributed by atoms with Gasteiger partial charge in [-0.3, -0.25) is 0 Å². The van der Waals surface area contributed by atoms with Gasteiger partial charge in [0.2, 0.25) is 0 Å². The van der Waals surface area contributed by atoms with Gasteiger partial charge in [0.05, 0.1) is 0 Å². The van der Waals surface area contributed by atoms with Gasteiger partial charge in [0, 0.05) is 6.04 Å². The number of nitrogens with one attached hydrogen (secondary N) is 1. The lowest BCUT2D eigenvalue weighted by Crippen LogP contribution is -2.20. The molecular formula is C18H21N. The average molecular weight is 251 g/mol. The molecule has 98 valence electrons. The Kier molecular flexibility index (Phi) is 3.65. The third-order valence-electron chi connectivity index (χ3n) is 3.93. The van der Waals surface area contributed by atoms with Crippen molar-refractivity contribution in [1.82, 2.24) is 5.32 Å². The van der Waals surface area contributed by atoms with Crippen molar-refractivity contribution in [1.29, 1.82) is 0 Å². The Balaban J connectivity index is 1.67. The van der Waals surface area contributed by atoms with Gasteiger partial charge in [0.25, 0.3) is 0 Å². The Hall–Kier alpha value is -1.60. The molecule has 0 radical (unpaired) electrons. The maximum Gasteiger partial charge on any atom is 0.0291 e. The molecule has 1 heteroatoms. The van der Waals surface area contributed by atoms with Crippen LogP contribution in [0.2, 0.25) is 0 Å². The summed E-state index contributed by atoms with van der Waals surface area (Å²) in [5.74, 6) is 0.936. The van der Waals surface area contributed by atoms with Crippen LogP contribution in [0.25, 0.3) is 11.1 Å². The highest BCUT2D eigenvalue weighted by molar-refractivity contribution is 5.63. The zero-order valence-corrected chi connectivity index (χ0v) is 11.5. The van der Waals surface area contributed by atoms with E-state index in [1.807, 2.05) is 0 Å². The van der Waals surface area contributed by atoms with Gasteiger partial charge in [-0.15, -0.1) is 0 Å². The van der Waals surface area contributed by atoms with Crippen LogP contribution < -0.4 is 5.32 Å². The Morgan fingerprint density at radius 2 is 1.58 bits per heavy atom. The molecule has 0 saturated heterocycles. The number of benzene rings is 2. The number of hydrogen-bond donors (Lipinski definition) is 1. The molecule has 1 atom stereocenters. The summed E-state index contributed by atoms with van der Waals surface area (Å²) in [5.41, 5.74) is 3.95. The minimum Gasteiger partial charge on any atom is -0.310 e. The van der Waals surface area contributed by atoms with Crippen molar-refractivity contribution in [2.45, 2.75) is 25.8 Å². The highest BCUT2D eigenvalue weighted by atomic mass is 14.9. The molecule has 1 saturated carbocycles. The molecule has 2 aromatic carbocycles. The van der Waals surface area contributed by atoms with Gasteiger partial charge >= 0.3 is 0 Å². The van der Waals surface area contributed by atoms with Crippen molar-refractivity contribution in [3.8, 4) is 11.1 Å². The largest absolute Gasteiger partial charge is 0.310 e. The Bertz CT molecular complexity index is 511. The average Bonchev–Trinajstić information content (AvgIpc) is 3.30. The molecule has 1 unspecified atom stereocenters. The minimum atomic E-state index is 0.449. The summed E-state index contributed by atoms with van der Waals surface area (Å²) in [6, 6.07) is 19.9. The van der Waals surface area contributed by atoms with E-state index in [2.05, 4.69) is 66.8 Å². The number of rotatable bonds is 5. The normalized spacial score (nSPS) is 16.3. The molecule has 0 bridgehead atoms. The molecule has 0 aromatic heterocycles. The summed E-state index contributed by atoms with van der Waals surface area (Å²) in [5, 5.41) is 3.62. The van der Waals surface area contributed by atoms with Gasteiger partial charge < -0.3 is 5.32 Å². The first-order valence-electron chi connectivity index (χ1n) is 7.22. The maximum atomic E-state index is 3.62. The summed E-state index contributed by atoms with van der Waals surface area (Å²) in [6.07, 6.45) is 2.82. The lowest BCUT2D eigenvalue weighted by Gasteiger charge is -2.14. The molecule has 1 nitrogen and oxygen atoms in total. The second-order valence-corrected chi connectivity index (χ2v) is 5.56. The highest BCUT2D eigenvalue weighted by Gasteiger charge is 2.21. The van der Waals surface area contributed by atoms with Crippen LogP contribution in [-0.4, -0.2) is 6.54 Å². The molecule has 1 aliphatic rings. The van der Waals surface area contributed by atoms with Crippen molar-refractivity contribution < 1.29 is 0 Å². The summed E-state index contributed by atoms with van der Waals surface area (Å²) in [7, 11) is 0. The van der Waals surface area contributed by atoms with Crippen LogP contribution in [0.5, 0.6) is 0 Å². The van der Waals surface area contributed by atoms with E-state index in [9.17, 15) is 0 Å². The minimum absolute atomic E-state index is 0.449. The third-order valence-corrected chi connectivity index (χ3v) is 3.93. The van der Waals surface area contributed by atoms with Crippen LogP contribution in [0.4, 0.5) is 0 Å². The van der Waals surface area contributed by atoms with Crippen molar-refractivity contribution >= 4 is 0 Å². The van der Waals surface area contributed by atoms with E-state index in [1.165, 1.54) is 36.1 Å². The number of hydrogen-bond acceptors (Lipinski definition) is 1. The molecule has 1 N–H and O–H groups in total. The molecule has 0 amide bonds. The van der Waals surface area contributed by atoms with Crippen LogP contribution in [0.1, 0.15) is 31.4 Å². The van der Waals surface area contributed by atoms with E-state index in [1.54, 1.807) is 0 Å². The van der Waals surface area contributed by atoms with Crippen LogP contribution in [0.3, 0.4) is 0 Å². The van der Waals surface area contributed by atoms with E-state index in [0.29, 0.717) is 6.04 Å². The fourth-order valence-corrected chi connectivity index (χ4v) is 2.38. The highest BCUT2D eigenvalue weighted by Crippen LogP contribution is 2.29. The standard InChI is InChI=1S/C18H21N/c1-14(19-13-15-7-8-15)16-9-11-18(12-10-16)17-5-3-2-4-6-17/h2-6,9-12,14-15,19H,7-8,13H2,1H3. The fraction of sp³-hybridized carbons (Fsp3) is 0.333. The van der Waals surface area contributed by atoms with Gasteiger partial charge in [-0.05, 0) is 48.9 Å². The zero-order valence-electron chi connectivity index (χ0n) is 11.5. The first-order valence-corrected chi connectivity index (χ1v) is 7.22. The van der Waals surface area contributed by atoms with Gasteiger partial charge in [-0.1, -0.05) is 54.6 Å². The van der Waals surface area contributed by atoms with Crippen molar-refractivity contribution in [2.24, 2.45) is 5.92 Å². The predicted molar refractivity (Wildman–Crippen MR) is 81.0 cm³/mol. The van der Waals surface area contributed by atoms with Gasteiger partial charge in [0.15, 0.2) is 0 Å². The first-order chi connectivity index (χ1) is 9.33. The Labute approximate surface area is 115 Å². The quantitative estimate of drug-likeness (QED) is 0.829. The SMILES string of the molecule is CC(NCC1CC1)c1ccc(-c2ccccc2)cc1. The molecule has 3 rings (SSSR count). The second-order valence-electron chi connectivity index (χ2n) is 5.56. The lowest BCUT2D eigenvalue weighted by atomic mass is 10.0.